The molecule has 0 fully saturated rings. The number of thioether (sulfide) groups is 1. The number of aromatic hydroxyl groups is 1. The largest absolute Gasteiger partial charge is 0.508 e. The monoisotopic (exact) mass is 218 g/mol. The summed E-state index contributed by atoms with van der Waals surface area (Å²) in [4.78, 5) is 1.33. The third-order valence-corrected chi connectivity index (χ3v) is 2.48. The Labute approximate surface area is 94.8 Å². The molecule has 2 rings (SSSR count). The molecule has 0 radical (unpaired) electrons. The van der Waals surface area contributed by atoms with Gasteiger partial charge in [0.25, 0.3) is 0 Å². The fourth-order valence-corrected chi connectivity index (χ4v) is 1.41. The number of hydrogen-bond acceptors (Lipinski definition) is 2. The zero-order valence-corrected chi connectivity index (χ0v) is 9.45. The maximum Gasteiger partial charge on any atom is 0.115 e. The van der Waals surface area contributed by atoms with Crippen LogP contribution in [0.3, 0.4) is 0 Å². The van der Waals surface area contributed by atoms with E-state index in [0.717, 1.165) is 0 Å². The van der Waals surface area contributed by atoms with Gasteiger partial charge in [-0.2, -0.15) is 0 Å². The van der Waals surface area contributed by atoms with Crippen LogP contribution in [-0.4, -0.2) is 11.4 Å². The smallest absolute Gasteiger partial charge is 0.115 e. The van der Waals surface area contributed by atoms with Gasteiger partial charge in [-0.15, -0.1) is 11.8 Å². The van der Waals surface area contributed by atoms with Crippen molar-refractivity contribution in [1.29, 1.82) is 0 Å². The van der Waals surface area contributed by atoms with Gasteiger partial charge in [-0.1, -0.05) is 36.4 Å². The normalized spacial score (nSPS) is 8.87. The standard InChI is InChI=1S/C7H8S.C6H6O/c1-8-7-5-3-2-4-6-7;7-6-4-2-1-3-5-6/h2-6H,1H3;1-5,7H. The fourth-order valence-electron chi connectivity index (χ4n) is 0.985. The van der Waals surface area contributed by atoms with Crippen LogP contribution in [-0.2, 0) is 0 Å². The summed E-state index contributed by atoms with van der Waals surface area (Å²) in [6.07, 6.45) is 2.08. The van der Waals surface area contributed by atoms with Crippen LogP contribution >= 0.6 is 11.8 Å². The van der Waals surface area contributed by atoms with Crippen LogP contribution < -0.4 is 0 Å². The van der Waals surface area contributed by atoms with E-state index in [9.17, 15) is 0 Å². The summed E-state index contributed by atoms with van der Waals surface area (Å²) in [6, 6.07) is 19.0. The van der Waals surface area contributed by atoms with Crippen molar-refractivity contribution < 1.29 is 5.11 Å². The van der Waals surface area contributed by atoms with Crippen LogP contribution in [0.25, 0.3) is 0 Å². The molecule has 78 valence electrons. The molecule has 1 N–H and O–H groups in total. The molecule has 0 saturated carbocycles. The topological polar surface area (TPSA) is 20.2 Å². The van der Waals surface area contributed by atoms with Crippen molar-refractivity contribution in [3.63, 3.8) is 0 Å². The van der Waals surface area contributed by atoms with E-state index in [1.807, 2.05) is 24.3 Å². The molecule has 0 unspecified atom stereocenters. The first-order chi connectivity index (χ1) is 7.33. The highest BCUT2D eigenvalue weighted by molar-refractivity contribution is 7.98. The number of phenolic OH excluding ortho intramolecular Hbond substituents is 1. The number of hydrogen-bond donors (Lipinski definition) is 1. The first-order valence-electron chi connectivity index (χ1n) is 4.66. The minimum atomic E-state index is 0.322. The summed E-state index contributed by atoms with van der Waals surface area (Å²) in [5, 5.41) is 8.63. The minimum absolute atomic E-state index is 0.322. The lowest BCUT2D eigenvalue weighted by molar-refractivity contribution is 0.475. The average molecular weight is 218 g/mol. The van der Waals surface area contributed by atoms with E-state index in [1.165, 1.54) is 4.90 Å². The lowest BCUT2D eigenvalue weighted by Crippen LogP contribution is -1.62. The van der Waals surface area contributed by atoms with Gasteiger partial charge >= 0.3 is 0 Å². The van der Waals surface area contributed by atoms with E-state index in [0.29, 0.717) is 5.75 Å². The molecular formula is C13H14OS. The maximum atomic E-state index is 8.63. The third-order valence-electron chi connectivity index (χ3n) is 1.74. The highest BCUT2D eigenvalue weighted by Gasteiger charge is 1.80. The Morgan fingerprint density at radius 3 is 1.53 bits per heavy atom. The molecule has 0 bridgehead atoms. The highest BCUT2D eigenvalue weighted by atomic mass is 32.2. The quantitative estimate of drug-likeness (QED) is 0.735. The predicted octanol–water partition coefficient (Wildman–Crippen LogP) is 3.80. The molecule has 0 aromatic heterocycles. The van der Waals surface area contributed by atoms with Gasteiger partial charge in [-0.25, -0.2) is 0 Å². The van der Waals surface area contributed by atoms with Crippen LogP contribution in [0.2, 0.25) is 0 Å². The van der Waals surface area contributed by atoms with Gasteiger partial charge in [-0.3, -0.25) is 0 Å². The summed E-state index contributed by atoms with van der Waals surface area (Å²) in [5.74, 6) is 0.322. The molecular weight excluding hydrogens is 204 g/mol. The minimum Gasteiger partial charge on any atom is -0.508 e. The summed E-state index contributed by atoms with van der Waals surface area (Å²) in [5.41, 5.74) is 0. The summed E-state index contributed by atoms with van der Waals surface area (Å²) in [6.45, 7) is 0. The van der Waals surface area contributed by atoms with Crippen molar-refractivity contribution in [1.82, 2.24) is 0 Å². The molecule has 2 aromatic rings. The van der Waals surface area contributed by atoms with E-state index in [2.05, 4.69) is 18.4 Å². The fraction of sp³-hybridized carbons (Fsp3) is 0.0769. The molecule has 0 aliphatic carbocycles. The van der Waals surface area contributed by atoms with Gasteiger partial charge in [0.2, 0.25) is 0 Å². The maximum absolute atomic E-state index is 8.63. The van der Waals surface area contributed by atoms with Gasteiger partial charge in [0.1, 0.15) is 5.75 Å². The molecule has 0 aliphatic heterocycles. The molecule has 0 heterocycles. The zero-order valence-electron chi connectivity index (χ0n) is 8.63. The van der Waals surface area contributed by atoms with Crippen molar-refractivity contribution in [2.24, 2.45) is 0 Å². The Kier molecular flexibility index (Phi) is 5.41. The second-order valence-corrected chi connectivity index (χ2v) is 3.73. The molecule has 0 aliphatic rings. The Morgan fingerprint density at radius 2 is 1.27 bits per heavy atom. The van der Waals surface area contributed by atoms with Gasteiger partial charge in [0.05, 0.1) is 0 Å². The first-order valence-corrected chi connectivity index (χ1v) is 5.88. The Hall–Kier alpha value is -1.41. The second kappa shape index (κ2) is 6.96. The van der Waals surface area contributed by atoms with Crippen LogP contribution in [0, 0.1) is 0 Å². The Morgan fingerprint density at radius 1 is 0.800 bits per heavy atom. The van der Waals surface area contributed by atoms with Gasteiger partial charge in [0, 0.05) is 4.90 Å². The molecule has 0 saturated heterocycles. The van der Waals surface area contributed by atoms with E-state index in [1.54, 1.807) is 36.0 Å². The first kappa shape index (κ1) is 11.7. The van der Waals surface area contributed by atoms with Gasteiger partial charge in [-0.05, 0) is 30.5 Å². The second-order valence-electron chi connectivity index (χ2n) is 2.85. The molecule has 0 atom stereocenters. The Bertz CT molecular complexity index is 359. The predicted molar refractivity (Wildman–Crippen MR) is 66.3 cm³/mol. The van der Waals surface area contributed by atoms with Crippen LogP contribution in [0.4, 0.5) is 0 Å². The van der Waals surface area contributed by atoms with Crippen molar-refractivity contribution in [3.05, 3.63) is 60.7 Å². The van der Waals surface area contributed by atoms with Crippen molar-refractivity contribution >= 4 is 11.8 Å². The number of rotatable bonds is 1. The average Bonchev–Trinajstić information content (AvgIpc) is 2.32. The Balaban J connectivity index is 0.000000151. The molecule has 0 spiro atoms. The number of para-hydroxylation sites is 1. The van der Waals surface area contributed by atoms with Crippen LogP contribution in [0.5, 0.6) is 5.75 Å². The van der Waals surface area contributed by atoms with Gasteiger partial charge in [0.15, 0.2) is 0 Å². The van der Waals surface area contributed by atoms with E-state index in [-0.39, 0.29) is 0 Å². The molecule has 2 aromatic carbocycles. The molecule has 2 heteroatoms. The third kappa shape index (κ3) is 5.13. The SMILES string of the molecule is CSc1ccccc1.Oc1ccccc1. The van der Waals surface area contributed by atoms with E-state index in [4.69, 9.17) is 5.11 Å². The lowest BCUT2D eigenvalue weighted by Gasteiger charge is -1.89. The number of benzene rings is 2. The van der Waals surface area contributed by atoms with Crippen molar-refractivity contribution in [2.75, 3.05) is 6.26 Å². The number of phenols is 1. The summed E-state index contributed by atoms with van der Waals surface area (Å²) in [7, 11) is 0. The molecule has 15 heavy (non-hydrogen) atoms. The highest BCUT2D eigenvalue weighted by Crippen LogP contribution is 2.11. The van der Waals surface area contributed by atoms with Crippen molar-refractivity contribution in [3.8, 4) is 5.75 Å². The van der Waals surface area contributed by atoms with Crippen molar-refractivity contribution in [2.45, 2.75) is 4.90 Å². The van der Waals surface area contributed by atoms with Gasteiger partial charge < -0.3 is 5.11 Å². The van der Waals surface area contributed by atoms with Crippen LogP contribution in [0.1, 0.15) is 0 Å². The zero-order chi connectivity index (χ0) is 10.9. The molecule has 1 nitrogen and oxygen atoms in total. The van der Waals surface area contributed by atoms with E-state index < -0.39 is 0 Å². The lowest BCUT2D eigenvalue weighted by atomic mass is 10.3. The van der Waals surface area contributed by atoms with Crippen LogP contribution in [0.15, 0.2) is 65.6 Å². The molecule has 0 amide bonds. The summed E-state index contributed by atoms with van der Waals surface area (Å²) >= 11 is 1.77. The van der Waals surface area contributed by atoms with E-state index >= 15 is 0 Å². The summed E-state index contributed by atoms with van der Waals surface area (Å²) < 4.78 is 0.